The SMILES string of the molecule is Cc1nn(C)c(Sc2nnc3ccccn23)c1C#N. The van der Waals surface area contributed by atoms with Crippen LogP contribution in [0.4, 0.5) is 0 Å². The molecule has 7 heteroatoms. The van der Waals surface area contributed by atoms with E-state index in [1.54, 1.807) is 4.68 Å². The first kappa shape index (κ1) is 11.7. The zero-order valence-electron chi connectivity index (χ0n) is 10.4. The van der Waals surface area contributed by atoms with Gasteiger partial charge in [0, 0.05) is 13.2 Å². The summed E-state index contributed by atoms with van der Waals surface area (Å²) in [6.07, 6.45) is 1.90. The zero-order chi connectivity index (χ0) is 13.4. The number of nitriles is 1. The maximum Gasteiger partial charge on any atom is 0.201 e. The minimum atomic E-state index is 0.584. The highest BCUT2D eigenvalue weighted by Crippen LogP contribution is 2.30. The third kappa shape index (κ3) is 1.86. The molecule has 94 valence electrons. The molecule has 3 aromatic rings. The number of aromatic nitrogens is 5. The standard InChI is InChI=1S/C12H10N6S/c1-8-9(7-13)11(17(2)16-8)19-12-15-14-10-5-3-4-6-18(10)12/h3-6H,1-2H3. The van der Waals surface area contributed by atoms with Gasteiger partial charge in [0.15, 0.2) is 5.65 Å². The molecule has 6 nitrogen and oxygen atoms in total. The van der Waals surface area contributed by atoms with Gasteiger partial charge >= 0.3 is 0 Å². The minimum absolute atomic E-state index is 0.584. The molecule has 3 heterocycles. The molecule has 19 heavy (non-hydrogen) atoms. The number of hydrogen-bond donors (Lipinski definition) is 0. The van der Waals surface area contributed by atoms with Crippen LogP contribution in [-0.4, -0.2) is 24.4 Å². The molecule has 0 bridgehead atoms. The number of nitrogens with zero attached hydrogens (tertiary/aromatic N) is 6. The van der Waals surface area contributed by atoms with Crippen LogP contribution in [0.2, 0.25) is 0 Å². The van der Waals surface area contributed by atoms with E-state index in [2.05, 4.69) is 21.4 Å². The minimum Gasteiger partial charge on any atom is -0.277 e. The monoisotopic (exact) mass is 270 g/mol. The summed E-state index contributed by atoms with van der Waals surface area (Å²) >= 11 is 1.39. The fraction of sp³-hybridized carbons (Fsp3) is 0.167. The van der Waals surface area contributed by atoms with Crippen molar-refractivity contribution in [1.29, 1.82) is 5.26 Å². The van der Waals surface area contributed by atoms with Crippen molar-refractivity contribution in [2.75, 3.05) is 0 Å². The summed E-state index contributed by atoms with van der Waals surface area (Å²) in [4.78, 5) is 0. The molecule has 0 aromatic carbocycles. The maximum atomic E-state index is 9.20. The summed E-state index contributed by atoms with van der Waals surface area (Å²) in [7, 11) is 1.82. The molecule has 0 aliphatic rings. The van der Waals surface area contributed by atoms with E-state index in [1.807, 2.05) is 42.8 Å². The second kappa shape index (κ2) is 4.40. The number of pyridine rings is 1. The lowest BCUT2D eigenvalue weighted by atomic mass is 10.3. The highest BCUT2D eigenvalue weighted by Gasteiger charge is 2.17. The Morgan fingerprint density at radius 1 is 1.32 bits per heavy atom. The Morgan fingerprint density at radius 3 is 2.95 bits per heavy atom. The van der Waals surface area contributed by atoms with E-state index in [1.165, 1.54) is 11.8 Å². The van der Waals surface area contributed by atoms with Gasteiger partial charge in [-0.2, -0.15) is 10.4 Å². The van der Waals surface area contributed by atoms with E-state index in [-0.39, 0.29) is 0 Å². The van der Waals surface area contributed by atoms with E-state index in [9.17, 15) is 5.26 Å². The fourth-order valence-electron chi connectivity index (χ4n) is 1.86. The molecule has 0 spiro atoms. The Labute approximate surface area is 113 Å². The lowest BCUT2D eigenvalue weighted by Crippen LogP contribution is -1.94. The van der Waals surface area contributed by atoms with Crippen molar-refractivity contribution in [2.45, 2.75) is 17.1 Å². The van der Waals surface area contributed by atoms with E-state index < -0.39 is 0 Å². The number of rotatable bonds is 2. The predicted molar refractivity (Wildman–Crippen MR) is 69.8 cm³/mol. The molecule has 0 atom stereocenters. The fourth-order valence-corrected chi connectivity index (χ4v) is 2.83. The highest BCUT2D eigenvalue weighted by molar-refractivity contribution is 7.99. The Kier molecular flexibility index (Phi) is 2.72. The van der Waals surface area contributed by atoms with Crippen molar-refractivity contribution in [2.24, 2.45) is 7.05 Å². The van der Waals surface area contributed by atoms with Gasteiger partial charge in [-0.15, -0.1) is 10.2 Å². The largest absolute Gasteiger partial charge is 0.277 e. The van der Waals surface area contributed by atoms with Crippen molar-refractivity contribution in [3.63, 3.8) is 0 Å². The summed E-state index contributed by atoms with van der Waals surface area (Å²) in [6, 6.07) is 7.90. The second-order valence-electron chi connectivity index (χ2n) is 4.01. The number of fused-ring (bicyclic) bond motifs is 1. The van der Waals surface area contributed by atoms with Crippen LogP contribution in [0, 0.1) is 18.3 Å². The molecular weight excluding hydrogens is 260 g/mol. The average Bonchev–Trinajstić information content (AvgIpc) is 2.93. The van der Waals surface area contributed by atoms with Crippen LogP contribution in [0.15, 0.2) is 34.6 Å². The molecule has 3 aromatic heterocycles. The molecule has 0 aliphatic carbocycles. The van der Waals surface area contributed by atoms with Crippen LogP contribution < -0.4 is 0 Å². The number of hydrogen-bond acceptors (Lipinski definition) is 5. The first-order chi connectivity index (χ1) is 9.20. The van der Waals surface area contributed by atoms with Crippen molar-refractivity contribution in [1.82, 2.24) is 24.4 Å². The molecule has 0 amide bonds. The number of aryl methyl sites for hydroxylation is 2. The van der Waals surface area contributed by atoms with Crippen LogP contribution in [0.25, 0.3) is 5.65 Å². The predicted octanol–water partition coefficient (Wildman–Crippen LogP) is 1.79. The van der Waals surface area contributed by atoms with Gasteiger partial charge in [-0.1, -0.05) is 6.07 Å². The van der Waals surface area contributed by atoms with Crippen LogP contribution in [0.3, 0.4) is 0 Å². The Hall–Kier alpha value is -2.33. The third-order valence-electron chi connectivity index (χ3n) is 2.75. The van der Waals surface area contributed by atoms with Gasteiger partial charge in [0.05, 0.1) is 5.69 Å². The summed E-state index contributed by atoms with van der Waals surface area (Å²) in [6.45, 7) is 1.82. The van der Waals surface area contributed by atoms with Crippen LogP contribution >= 0.6 is 11.8 Å². The summed E-state index contributed by atoms with van der Waals surface area (Å²) in [5.74, 6) is 0. The van der Waals surface area contributed by atoms with E-state index >= 15 is 0 Å². The first-order valence-corrected chi connectivity index (χ1v) is 6.43. The Bertz CT molecular complexity index is 794. The molecule has 0 radical (unpaired) electrons. The van der Waals surface area contributed by atoms with Gasteiger partial charge in [-0.25, -0.2) is 0 Å². The molecule has 0 saturated carbocycles. The molecule has 0 saturated heterocycles. The maximum absolute atomic E-state index is 9.20. The summed E-state index contributed by atoms with van der Waals surface area (Å²) < 4.78 is 3.58. The van der Waals surface area contributed by atoms with Gasteiger partial charge in [-0.3, -0.25) is 9.08 Å². The first-order valence-electron chi connectivity index (χ1n) is 5.62. The van der Waals surface area contributed by atoms with Gasteiger partial charge in [0.25, 0.3) is 0 Å². The molecule has 3 rings (SSSR count). The normalized spacial score (nSPS) is 10.8. The van der Waals surface area contributed by atoms with Gasteiger partial charge in [-0.05, 0) is 30.8 Å². The van der Waals surface area contributed by atoms with Crippen molar-refractivity contribution >= 4 is 17.4 Å². The van der Waals surface area contributed by atoms with Crippen LogP contribution in [0.1, 0.15) is 11.3 Å². The van der Waals surface area contributed by atoms with Crippen LogP contribution in [-0.2, 0) is 7.05 Å². The van der Waals surface area contributed by atoms with Crippen molar-refractivity contribution < 1.29 is 0 Å². The quantitative estimate of drug-likeness (QED) is 0.710. The van der Waals surface area contributed by atoms with Crippen molar-refractivity contribution in [3.8, 4) is 6.07 Å². The second-order valence-corrected chi connectivity index (χ2v) is 4.97. The zero-order valence-corrected chi connectivity index (χ0v) is 11.2. The lowest BCUT2D eigenvalue weighted by molar-refractivity contribution is 0.690. The molecule has 0 N–H and O–H groups in total. The summed E-state index contributed by atoms with van der Waals surface area (Å²) in [5.41, 5.74) is 2.09. The van der Waals surface area contributed by atoms with Crippen LogP contribution in [0.5, 0.6) is 0 Å². The lowest BCUT2D eigenvalue weighted by Gasteiger charge is -2.00. The van der Waals surface area contributed by atoms with Gasteiger partial charge in [0.2, 0.25) is 5.16 Å². The molecule has 0 aliphatic heterocycles. The van der Waals surface area contributed by atoms with Crippen molar-refractivity contribution in [3.05, 3.63) is 35.7 Å². The topological polar surface area (TPSA) is 71.8 Å². The van der Waals surface area contributed by atoms with Gasteiger partial charge in [0.1, 0.15) is 16.7 Å². The van der Waals surface area contributed by atoms with E-state index in [0.717, 1.165) is 21.5 Å². The highest BCUT2D eigenvalue weighted by atomic mass is 32.2. The molecular formula is C12H10N6S. The van der Waals surface area contributed by atoms with Gasteiger partial charge < -0.3 is 0 Å². The molecule has 0 unspecified atom stereocenters. The average molecular weight is 270 g/mol. The van der Waals surface area contributed by atoms with E-state index in [0.29, 0.717) is 5.56 Å². The molecule has 0 fully saturated rings. The third-order valence-corrected chi connectivity index (χ3v) is 3.87. The Morgan fingerprint density at radius 2 is 2.16 bits per heavy atom. The van der Waals surface area contributed by atoms with E-state index in [4.69, 9.17) is 0 Å². The Balaban J connectivity index is 2.09. The summed E-state index contributed by atoms with van der Waals surface area (Å²) in [5, 5.41) is 23.2. The smallest absolute Gasteiger partial charge is 0.201 e.